The smallest absolute Gasteiger partial charge is 0.0407 e. The zero-order valence-electron chi connectivity index (χ0n) is 15.2. The molecule has 0 saturated heterocycles. The van der Waals surface area contributed by atoms with Gasteiger partial charge in [-0.3, -0.25) is 0 Å². The van der Waals surface area contributed by atoms with E-state index in [1.807, 2.05) is 17.8 Å². The molecule has 2 aliphatic rings. The maximum Gasteiger partial charge on any atom is 0.0407 e. The highest BCUT2D eigenvalue weighted by atomic mass is 32.2. The summed E-state index contributed by atoms with van der Waals surface area (Å²) in [7, 11) is 0. The Morgan fingerprint density at radius 3 is 2.37 bits per heavy atom. The standard InChI is InChI=1S/C25H21NS/c1-25-16-6-5-9-24(25)27-23-15-14-21(17-22(23)25)26-20-12-10-19(11-13-20)18-7-3-2-4-8-18/h2-17,24,26H,1H3. The van der Waals surface area contributed by atoms with Gasteiger partial charge in [0.05, 0.1) is 0 Å². The van der Waals surface area contributed by atoms with Crippen molar-refractivity contribution in [3.05, 3.63) is 103 Å². The highest BCUT2D eigenvalue weighted by molar-refractivity contribution is 8.00. The van der Waals surface area contributed by atoms with Crippen molar-refractivity contribution in [2.24, 2.45) is 0 Å². The van der Waals surface area contributed by atoms with E-state index in [2.05, 4.69) is 103 Å². The Morgan fingerprint density at radius 1 is 0.815 bits per heavy atom. The van der Waals surface area contributed by atoms with E-state index < -0.39 is 0 Å². The van der Waals surface area contributed by atoms with Gasteiger partial charge in [0.15, 0.2) is 0 Å². The van der Waals surface area contributed by atoms with Crippen LogP contribution >= 0.6 is 11.8 Å². The van der Waals surface area contributed by atoms with Gasteiger partial charge in [0.2, 0.25) is 0 Å². The summed E-state index contributed by atoms with van der Waals surface area (Å²) >= 11 is 1.97. The first kappa shape index (κ1) is 16.5. The second kappa shape index (κ2) is 6.47. The van der Waals surface area contributed by atoms with Crippen LogP contribution in [0.25, 0.3) is 11.1 Å². The van der Waals surface area contributed by atoms with Crippen molar-refractivity contribution in [1.82, 2.24) is 0 Å². The van der Waals surface area contributed by atoms with E-state index in [1.54, 1.807) is 0 Å². The van der Waals surface area contributed by atoms with Crippen molar-refractivity contribution < 1.29 is 0 Å². The molecule has 1 nitrogen and oxygen atoms in total. The van der Waals surface area contributed by atoms with Gasteiger partial charge < -0.3 is 5.32 Å². The fourth-order valence-electron chi connectivity index (χ4n) is 3.93. The molecule has 0 fully saturated rings. The van der Waals surface area contributed by atoms with E-state index in [1.165, 1.54) is 21.6 Å². The summed E-state index contributed by atoms with van der Waals surface area (Å²) in [5, 5.41) is 4.07. The van der Waals surface area contributed by atoms with Crippen LogP contribution in [-0.2, 0) is 5.41 Å². The summed E-state index contributed by atoms with van der Waals surface area (Å²) in [6.45, 7) is 2.34. The molecule has 132 valence electrons. The normalized spacial score (nSPS) is 22.3. The molecule has 2 atom stereocenters. The first-order valence-electron chi connectivity index (χ1n) is 9.32. The number of fused-ring (bicyclic) bond motifs is 3. The highest BCUT2D eigenvalue weighted by Crippen LogP contribution is 2.52. The minimum absolute atomic E-state index is 0.0869. The maximum absolute atomic E-state index is 3.57. The summed E-state index contributed by atoms with van der Waals surface area (Å²) in [5.74, 6) is 0. The Balaban J connectivity index is 1.41. The molecule has 2 heteroatoms. The van der Waals surface area contributed by atoms with Gasteiger partial charge in [0.25, 0.3) is 0 Å². The number of nitrogens with one attached hydrogen (secondary N) is 1. The molecule has 1 aliphatic carbocycles. The third-order valence-corrected chi connectivity index (χ3v) is 7.04. The van der Waals surface area contributed by atoms with Crippen LogP contribution < -0.4 is 5.32 Å². The molecule has 0 saturated carbocycles. The molecule has 3 aromatic rings. The average molecular weight is 368 g/mol. The molecule has 1 N–H and O–H groups in total. The van der Waals surface area contributed by atoms with Gasteiger partial charge in [-0.25, -0.2) is 0 Å². The molecule has 5 rings (SSSR count). The van der Waals surface area contributed by atoms with E-state index >= 15 is 0 Å². The van der Waals surface area contributed by atoms with Crippen molar-refractivity contribution in [3.63, 3.8) is 0 Å². The molecule has 0 radical (unpaired) electrons. The predicted molar refractivity (Wildman–Crippen MR) is 117 cm³/mol. The first-order valence-corrected chi connectivity index (χ1v) is 10.2. The van der Waals surface area contributed by atoms with Crippen LogP contribution in [0.15, 0.2) is 102 Å². The van der Waals surface area contributed by atoms with Gasteiger partial charge >= 0.3 is 0 Å². The Labute approximate surface area is 164 Å². The number of rotatable bonds is 3. The van der Waals surface area contributed by atoms with Crippen molar-refractivity contribution >= 4 is 23.1 Å². The monoisotopic (exact) mass is 367 g/mol. The summed E-state index contributed by atoms with van der Waals surface area (Å²) in [6.07, 6.45) is 9.00. The molecule has 1 heterocycles. The summed E-state index contributed by atoms with van der Waals surface area (Å²) in [6, 6.07) is 25.9. The molecule has 0 bridgehead atoms. The van der Waals surface area contributed by atoms with E-state index in [0.717, 1.165) is 11.4 Å². The van der Waals surface area contributed by atoms with Crippen LogP contribution in [0.1, 0.15) is 12.5 Å². The minimum atomic E-state index is 0.0869. The zero-order chi connectivity index (χ0) is 18.3. The largest absolute Gasteiger partial charge is 0.356 e. The molecule has 1 aliphatic heterocycles. The van der Waals surface area contributed by atoms with Crippen molar-refractivity contribution in [3.8, 4) is 11.1 Å². The Hall–Kier alpha value is -2.71. The number of hydrogen-bond acceptors (Lipinski definition) is 2. The molecule has 0 aromatic heterocycles. The molecule has 0 amide bonds. The lowest BCUT2D eigenvalue weighted by molar-refractivity contribution is 0.620. The number of anilines is 2. The van der Waals surface area contributed by atoms with Crippen LogP contribution in [0.4, 0.5) is 11.4 Å². The minimum Gasteiger partial charge on any atom is -0.356 e. The van der Waals surface area contributed by atoms with Crippen LogP contribution in [0.2, 0.25) is 0 Å². The number of hydrogen-bond donors (Lipinski definition) is 1. The van der Waals surface area contributed by atoms with Crippen LogP contribution in [0.3, 0.4) is 0 Å². The molecular formula is C25H21NS. The quantitative estimate of drug-likeness (QED) is 0.537. The maximum atomic E-state index is 3.57. The van der Waals surface area contributed by atoms with E-state index in [0.29, 0.717) is 5.25 Å². The van der Waals surface area contributed by atoms with Crippen LogP contribution in [0, 0.1) is 0 Å². The van der Waals surface area contributed by atoms with E-state index in [9.17, 15) is 0 Å². The van der Waals surface area contributed by atoms with Crippen LogP contribution in [0.5, 0.6) is 0 Å². The molecule has 2 unspecified atom stereocenters. The molecule has 0 spiro atoms. The zero-order valence-corrected chi connectivity index (χ0v) is 16.0. The van der Waals surface area contributed by atoms with Gasteiger partial charge in [-0.2, -0.15) is 0 Å². The molecule has 27 heavy (non-hydrogen) atoms. The third-order valence-electron chi connectivity index (χ3n) is 5.53. The van der Waals surface area contributed by atoms with Gasteiger partial charge in [0, 0.05) is 26.9 Å². The summed E-state index contributed by atoms with van der Waals surface area (Å²) in [4.78, 5) is 1.39. The molecular weight excluding hydrogens is 346 g/mol. The van der Waals surface area contributed by atoms with Crippen molar-refractivity contribution in [1.29, 1.82) is 0 Å². The Bertz CT molecular complexity index is 1030. The Morgan fingerprint density at radius 2 is 1.56 bits per heavy atom. The lowest BCUT2D eigenvalue weighted by atomic mass is 9.77. The van der Waals surface area contributed by atoms with Gasteiger partial charge in [-0.15, -0.1) is 11.8 Å². The number of thioether (sulfide) groups is 1. The van der Waals surface area contributed by atoms with Gasteiger partial charge in [0.1, 0.15) is 0 Å². The predicted octanol–water partition coefficient (Wildman–Crippen LogP) is 6.96. The fraction of sp³-hybridized carbons (Fsp3) is 0.120. The summed E-state index contributed by atoms with van der Waals surface area (Å²) < 4.78 is 0. The lowest BCUT2D eigenvalue weighted by Gasteiger charge is -2.28. The van der Waals surface area contributed by atoms with Gasteiger partial charge in [-0.05, 0) is 47.0 Å². The number of allylic oxidation sites excluding steroid dienone is 3. The van der Waals surface area contributed by atoms with Crippen molar-refractivity contribution in [2.75, 3.05) is 5.32 Å². The second-order valence-corrected chi connectivity index (χ2v) is 8.53. The topological polar surface area (TPSA) is 12.0 Å². The van der Waals surface area contributed by atoms with E-state index in [-0.39, 0.29) is 5.41 Å². The average Bonchev–Trinajstić information content (AvgIpc) is 3.01. The Kier molecular flexibility index (Phi) is 3.95. The molecule has 3 aromatic carbocycles. The van der Waals surface area contributed by atoms with Crippen LogP contribution in [-0.4, -0.2) is 5.25 Å². The lowest BCUT2D eigenvalue weighted by Crippen LogP contribution is -2.28. The van der Waals surface area contributed by atoms with E-state index in [4.69, 9.17) is 0 Å². The second-order valence-electron chi connectivity index (χ2n) is 7.34. The fourth-order valence-corrected chi connectivity index (χ4v) is 5.38. The third kappa shape index (κ3) is 2.90. The summed E-state index contributed by atoms with van der Waals surface area (Å²) in [5.41, 5.74) is 6.25. The van der Waals surface area contributed by atoms with Crippen molar-refractivity contribution in [2.45, 2.75) is 22.5 Å². The SMILES string of the molecule is CC12C=CC=CC1Sc1ccc(Nc3ccc(-c4ccccc4)cc3)cc12. The highest BCUT2D eigenvalue weighted by Gasteiger charge is 2.41. The first-order chi connectivity index (χ1) is 13.2. The number of benzene rings is 3. The van der Waals surface area contributed by atoms with Gasteiger partial charge in [-0.1, -0.05) is 73.7 Å².